The number of guanidine groups is 1. The summed E-state index contributed by atoms with van der Waals surface area (Å²) in [6, 6.07) is 2.76. The largest absolute Gasteiger partial charge is 0.480 e. The molecule has 15 heteroatoms. The fourth-order valence-corrected chi connectivity index (χ4v) is 5.34. The van der Waals surface area contributed by atoms with Crippen LogP contribution in [-0.2, 0) is 30.4 Å². The van der Waals surface area contributed by atoms with Crippen molar-refractivity contribution < 1.29 is 29.1 Å². The number of carbonyl (C=O) groups excluding carboxylic acids is 4. The number of nitrogens with one attached hydrogen (secondary N) is 2. The molecule has 1 aromatic rings. The van der Waals surface area contributed by atoms with Gasteiger partial charge in [-0.1, -0.05) is 12.1 Å². The first kappa shape index (κ1) is 32.1. The fourth-order valence-electron chi connectivity index (χ4n) is 5.34. The van der Waals surface area contributed by atoms with Gasteiger partial charge in [0.05, 0.1) is 6.54 Å². The number of nitrogen functional groups attached to an aromatic ring is 1. The summed E-state index contributed by atoms with van der Waals surface area (Å²) in [5, 5.41) is 15.1. The van der Waals surface area contributed by atoms with Crippen LogP contribution in [0.15, 0.2) is 29.3 Å². The van der Waals surface area contributed by atoms with Crippen molar-refractivity contribution in [2.45, 2.75) is 69.1 Å². The first-order chi connectivity index (χ1) is 20.0. The minimum atomic E-state index is -1.22. The van der Waals surface area contributed by atoms with Crippen molar-refractivity contribution in [1.29, 1.82) is 0 Å². The van der Waals surface area contributed by atoms with E-state index in [1.807, 2.05) is 0 Å². The van der Waals surface area contributed by atoms with E-state index in [0.29, 0.717) is 49.9 Å². The smallest absolute Gasteiger partial charge is 0.326 e. The molecule has 2 fully saturated rings. The number of nitrogens with zero attached hydrogens (tertiary/aromatic N) is 3. The van der Waals surface area contributed by atoms with E-state index in [2.05, 4.69) is 15.6 Å². The van der Waals surface area contributed by atoms with E-state index in [9.17, 15) is 29.1 Å². The highest BCUT2D eigenvalue weighted by Gasteiger charge is 2.40. The third-order valence-electron chi connectivity index (χ3n) is 7.48. The summed E-state index contributed by atoms with van der Waals surface area (Å²) in [4.78, 5) is 71.2. The number of hydrogen-bond acceptors (Lipinski definition) is 8. The highest BCUT2D eigenvalue weighted by Crippen LogP contribution is 2.22. The summed E-state index contributed by atoms with van der Waals surface area (Å²) < 4.78 is 0. The number of nitrogens with two attached hydrogens (primary N) is 4. The van der Waals surface area contributed by atoms with Crippen LogP contribution in [0.1, 0.15) is 44.1 Å². The molecular formula is C27H41N9O6. The van der Waals surface area contributed by atoms with Crippen LogP contribution in [0.5, 0.6) is 0 Å². The number of amides is 4. The number of aliphatic carboxylic acids is 1. The van der Waals surface area contributed by atoms with E-state index in [1.54, 1.807) is 24.3 Å². The second-order valence-corrected chi connectivity index (χ2v) is 10.5. The summed E-state index contributed by atoms with van der Waals surface area (Å²) in [5.41, 5.74) is 23.2. The van der Waals surface area contributed by atoms with Crippen molar-refractivity contribution in [3.8, 4) is 0 Å². The van der Waals surface area contributed by atoms with Gasteiger partial charge in [-0.25, -0.2) is 4.79 Å². The van der Waals surface area contributed by atoms with Gasteiger partial charge >= 0.3 is 5.97 Å². The molecule has 0 aromatic heterocycles. The van der Waals surface area contributed by atoms with Gasteiger partial charge in [0.15, 0.2) is 5.96 Å². The zero-order chi connectivity index (χ0) is 30.8. The highest BCUT2D eigenvalue weighted by atomic mass is 16.4. The second-order valence-electron chi connectivity index (χ2n) is 10.5. The van der Waals surface area contributed by atoms with Gasteiger partial charge in [0.2, 0.25) is 23.6 Å². The maximum Gasteiger partial charge on any atom is 0.326 e. The van der Waals surface area contributed by atoms with Gasteiger partial charge in [0.1, 0.15) is 24.2 Å². The number of carboxylic acids is 1. The van der Waals surface area contributed by atoms with Crippen molar-refractivity contribution in [3.63, 3.8) is 0 Å². The molecular weight excluding hydrogens is 546 g/mol. The van der Waals surface area contributed by atoms with Crippen LogP contribution in [-0.4, -0.2) is 101 Å². The zero-order valence-electron chi connectivity index (χ0n) is 23.5. The number of likely N-dealkylation sites (tertiary alicyclic amines) is 2. The van der Waals surface area contributed by atoms with E-state index < -0.39 is 47.9 Å². The third-order valence-corrected chi connectivity index (χ3v) is 7.48. The van der Waals surface area contributed by atoms with E-state index in [1.165, 1.54) is 9.80 Å². The van der Waals surface area contributed by atoms with Gasteiger partial charge in [-0.3, -0.25) is 24.2 Å². The summed E-state index contributed by atoms with van der Waals surface area (Å²) in [6.07, 6.45) is 2.49. The lowest BCUT2D eigenvalue weighted by molar-refractivity contribution is -0.145. The number of hydrogen-bond donors (Lipinski definition) is 7. The Hall–Kier alpha value is -4.40. The predicted molar refractivity (Wildman–Crippen MR) is 154 cm³/mol. The Morgan fingerprint density at radius 3 is 2.07 bits per heavy atom. The van der Waals surface area contributed by atoms with Crippen LogP contribution >= 0.6 is 0 Å². The number of carbonyl (C=O) groups is 5. The Morgan fingerprint density at radius 2 is 1.50 bits per heavy atom. The third kappa shape index (κ3) is 8.55. The maximum absolute atomic E-state index is 13.8. The molecule has 2 saturated heterocycles. The topological polar surface area (TPSA) is 253 Å². The van der Waals surface area contributed by atoms with E-state index >= 15 is 0 Å². The number of benzene rings is 1. The van der Waals surface area contributed by atoms with E-state index in [0.717, 1.165) is 0 Å². The lowest BCUT2D eigenvalue weighted by atomic mass is 10.0. The molecule has 15 nitrogen and oxygen atoms in total. The van der Waals surface area contributed by atoms with Gasteiger partial charge in [0, 0.05) is 31.7 Å². The fraction of sp³-hybridized carbons (Fsp3) is 0.556. The molecule has 0 radical (unpaired) electrons. The molecule has 0 aliphatic carbocycles. The molecule has 0 saturated carbocycles. The molecule has 2 aliphatic heterocycles. The van der Waals surface area contributed by atoms with Crippen LogP contribution in [0.4, 0.5) is 5.69 Å². The number of anilines is 1. The Kier molecular flexibility index (Phi) is 11.5. The SMILES string of the molecule is NCC(=O)N1CCC[C@H]1C(=O)N[C@@H](CCCN=C(N)N)C(=O)N1CCC[C@H]1C(=O)N[C@@H](Cc1ccc(N)cc1)C(=O)O. The van der Waals surface area contributed by atoms with Crippen LogP contribution < -0.4 is 33.6 Å². The molecule has 42 heavy (non-hydrogen) atoms. The first-order valence-electron chi connectivity index (χ1n) is 14.0. The van der Waals surface area contributed by atoms with Gasteiger partial charge in [-0.2, -0.15) is 0 Å². The summed E-state index contributed by atoms with van der Waals surface area (Å²) in [7, 11) is 0. The Labute approximate surface area is 244 Å². The normalized spacial score (nSPS) is 19.5. The van der Waals surface area contributed by atoms with Gasteiger partial charge < -0.3 is 48.5 Å². The lowest BCUT2D eigenvalue weighted by Crippen LogP contribution is -2.57. The van der Waals surface area contributed by atoms with Crippen molar-refractivity contribution >= 4 is 41.2 Å². The van der Waals surface area contributed by atoms with Crippen LogP contribution in [0.25, 0.3) is 0 Å². The Bertz CT molecular complexity index is 1170. The molecule has 0 unspecified atom stereocenters. The Morgan fingerprint density at radius 1 is 0.929 bits per heavy atom. The number of aliphatic imine (C=N–C) groups is 1. The van der Waals surface area contributed by atoms with E-state index in [-0.39, 0.29) is 44.3 Å². The van der Waals surface area contributed by atoms with E-state index in [4.69, 9.17) is 22.9 Å². The van der Waals surface area contributed by atoms with Crippen LogP contribution in [0, 0.1) is 0 Å². The molecule has 2 heterocycles. The molecule has 11 N–H and O–H groups in total. The quantitative estimate of drug-likeness (QED) is 0.0570. The van der Waals surface area contributed by atoms with Crippen molar-refractivity contribution in [1.82, 2.24) is 20.4 Å². The molecule has 4 atom stereocenters. The zero-order valence-corrected chi connectivity index (χ0v) is 23.5. The second kappa shape index (κ2) is 15.0. The molecule has 0 spiro atoms. The molecule has 0 bridgehead atoms. The molecule has 3 rings (SSSR count). The standard InChI is InChI=1S/C27H41N9O6/c28-15-22(37)35-12-2-5-20(35)23(38)33-18(4-1-11-32-27(30)31)25(40)36-13-3-6-21(36)24(39)34-19(26(41)42)14-16-7-9-17(29)10-8-16/h7-10,18-21H,1-6,11-15,28-29H2,(H,33,38)(H,34,39)(H,41,42)(H4,30,31,32)/t18-,19-,20-,21-/m0/s1. The average Bonchev–Trinajstić information content (AvgIpc) is 3.65. The highest BCUT2D eigenvalue weighted by molar-refractivity contribution is 5.95. The maximum atomic E-state index is 13.8. The molecule has 230 valence electrons. The number of rotatable bonds is 13. The van der Waals surface area contributed by atoms with Crippen LogP contribution in [0.3, 0.4) is 0 Å². The minimum Gasteiger partial charge on any atom is -0.480 e. The molecule has 2 aliphatic rings. The number of carboxylic acid groups (broad SMARTS) is 1. The molecule has 4 amide bonds. The van der Waals surface area contributed by atoms with Gasteiger partial charge in [0.25, 0.3) is 0 Å². The minimum absolute atomic E-state index is 0.0326. The predicted octanol–water partition coefficient (Wildman–Crippen LogP) is -2.14. The van der Waals surface area contributed by atoms with Gasteiger partial charge in [-0.15, -0.1) is 0 Å². The summed E-state index contributed by atoms with van der Waals surface area (Å²) >= 11 is 0. The monoisotopic (exact) mass is 587 g/mol. The van der Waals surface area contributed by atoms with Gasteiger partial charge in [-0.05, 0) is 56.2 Å². The van der Waals surface area contributed by atoms with Crippen molar-refractivity contribution in [2.24, 2.45) is 22.2 Å². The summed E-state index contributed by atoms with van der Waals surface area (Å²) in [6.45, 7) is 0.643. The lowest BCUT2D eigenvalue weighted by Gasteiger charge is -2.31. The van der Waals surface area contributed by atoms with Crippen LogP contribution in [0.2, 0.25) is 0 Å². The average molecular weight is 588 g/mol. The molecule has 1 aromatic carbocycles. The van der Waals surface area contributed by atoms with Crippen molar-refractivity contribution in [2.75, 3.05) is 31.9 Å². The Balaban J connectivity index is 1.73. The van der Waals surface area contributed by atoms with Crippen molar-refractivity contribution in [3.05, 3.63) is 29.8 Å². The summed E-state index contributed by atoms with van der Waals surface area (Å²) in [5.74, 6) is -3.23. The first-order valence-corrected chi connectivity index (χ1v) is 14.0.